The third kappa shape index (κ3) is 3.88. The lowest BCUT2D eigenvalue weighted by atomic mass is 10.1. The van der Waals surface area contributed by atoms with Crippen LogP contribution in [0.15, 0.2) is 60.9 Å². The number of nitrogens with one attached hydrogen (secondary N) is 1. The minimum Gasteiger partial charge on any atom is -0.327 e. The number of aryl methyl sites for hydroxylation is 2. The zero-order chi connectivity index (χ0) is 18.5. The number of hydrogen-bond acceptors (Lipinski definition) is 4. The summed E-state index contributed by atoms with van der Waals surface area (Å²) in [4.78, 5) is 23.1. The number of benzene rings is 2. The van der Waals surface area contributed by atoms with Gasteiger partial charge in [-0.3, -0.25) is 4.79 Å². The molecule has 2 aromatic carbocycles. The van der Waals surface area contributed by atoms with Crippen molar-refractivity contribution >= 4 is 23.1 Å². The molecule has 5 heteroatoms. The number of hydrogen-bond donors (Lipinski definition) is 1. The number of para-hydroxylation sites is 1. The van der Waals surface area contributed by atoms with Crippen LogP contribution in [0.1, 0.15) is 28.5 Å². The minimum atomic E-state index is -0.249. The topological polar surface area (TPSA) is 58.1 Å². The van der Waals surface area contributed by atoms with Crippen molar-refractivity contribution in [2.75, 3.05) is 16.8 Å². The van der Waals surface area contributed by atoms with E-state index in [1.54, 1.807) is 6.07 Å². The largest absolute Gasteiger partial charge is 0.327 e. The van der Waals surface area contributed by atoms with Crippen LogP contribution in [0.3, 0.4) is 0 Å². The maximum atomic E-state index is 12.6. The van der Waals surface area contributed by atoms with E-state index in [0.29, 0.717) is 11.5 Å². The molecule has 5 nitrogen and oxygen atoms in total. The number of amides is 1. The molecule has 3 aromatic rings. The Labute approximate surface area is 153 Å². The number of anilines is 3. The summed E-state index contributed by atoms with van der Waals surface area (Å²) in [7, 11) is 0. The van der Waals surface area contributed by atoms with Crippen LogP contribution < -0.4 is 10.2 Å². The molecule has 0 aliphatic heterocycles. The van der Waals surface area contributed by atoms with Gasteiger partial charge in [0, 0.05) is 24.0 Å². The fraction of sp³-hybridized carbons (Fsp3) is 0.190. The highest BCUT2D eigenvalue weighted by molar-refractivity contribution is 6.03. The molecule has 0 unspecified atom stereocenters. The zero-order valence-corrected chi connectivity index (χ0v) is 15.2. The van der Waals surface area contributed by atoms with E-state index in [9.17, 15) is 4.79 Å². The van der Waals surface area contributed by atoms with Crippen LogP contribution in [0, 0.1) is 13.8 Å². The van der Waals surface area contributed by atoms with Crippen molar-refractivity contribution in [1.82, 2.24) is 9.97 Å². The third-order valence-electron chi connectivity index (χ3n) is 4.31. The molecule has 0 fully saturated rings. The van der Waals surface area contributed by atoms with Gasteiger partial charge in [-0.05, 0) is 56.2 Å². The molecule has 0 aliphatic carbocycles. The van der Waals surface area contributed by atoms with E-state index in [1.165, 1.54) is 11.9 Å². The SMILES string of the molecule is CCN(c1ccccc1)c1cc(C(=O)Nc2ccc(C)c(C)c2)ncn1. The first-order valence-corrected chi connectivity index (χ1v) is 8.61. The Bertz CT molecular complexity index is 909. The molecule has 0 saturated carbocycles. The monoisotopic (exact) mass is 346 g/mol. The number of nitrogens with zero attached hydrogens (tertiary/aromatic N) is 3. The first kappa shape index (κ1) is 17.6. The molecular formula is C21H22N4O. The van der Waals surface area contributed by atoms with Crippen LogP contribution >= 0.6 is 0 Å². The first-order chi connectivity index (χ1) is 12.6. The molecule has 0 spiro atoms. The Morgan fingerprint density at radius 1 is 1.00 bits per heavy atom. The molecule has 0 bridgehead atoms. The summed E-state index contributed by atoms with van der Waals surface area (Å²) in [5.41, 5.74) is 4.44. The molecule has 0 aliphatic rings. The molecule has 1 heterocycles. The van der Waals surface area contributed by atoms with Gasteiger partial charge in [0.15, 0.2) is 0 Å². The van der Waals surface area contributed by atoms with Crippen LogP contribution in [0.25, 0.3) is 0 Å². The second kappa shape index (κ2) is 7.78. The van der Waals surface area contributed by atoms with Gasteiger partial charge in [-0.25, -0.2) is 9.97 Å². The van der Waals surface area contributed by atoms with E-state index in [2.05, 4.69) is 15.3 Å². The quantitative estimate of drug-likeness (QED) is 0.739. The van der Waals surface area contributed by atoms with Gasteiger partial charge in [-0.2, -0.15) is 0 Å². The average Bonchev–Trinajstić information content (AvgIpc) is 2.66. The Morgan fingerprint density at radius 3 is 2.46 bits per heavy atom. The summed E-state index contributed by atoms with van der Waals surface area (Å²) in [6.07, 6.45) is 1.43. The highest BCUT2D eigenvalue weighted by Gasteiger charge is 2.14. The first-order valence-electron chi connectivity index (χ1n) is 8.61. The molecule has 0 radical (unpaired) electrons. The predicted molar refractivity (Wildman–Crippen MR) is 105 cm³/mol. The van der Waals surface area contributed by atoms with Crippen molar-refractivity contribution in [3.05, 3.63) is 77.7 Å². The van der Waals surface area contributed by atoms with Crippen molar-refractivity contribution in [1.29, 1.82) is 0 Å². The molecule has 26 heavy (non-hydrogen) atoms. The van der Waals surface area contributed by atoms with Crippen molar-refractivity contribution in [2.45, 2.75) is 20.8 Å². The van der Waals surface area contributed by atoms with Crippen LogP contribution in [-0.4, -0.2) is 22.4 Å². The standard InChI is InChI=1S/C21H22N4O/c1-4-25(18-8-6-5-7-9-18)20-13-19(22-14-23-20)21(26)24-17-11-10-15(2)16(3)12-17/h5-14H,4H2,1-3H3,(H,24,26). The van der Waals surface area contributed by atoms with Crippen molar-refractivity contribution in [2.24, 2.45) is 0 Å². The van der Waals surface area contributed by atoms with Gasteiger partial charge in [-0.1, -0.05) is 24.3 Å². The molecular weight excluding hydrogens is 324 g/mol. The molecule has 0 atom stereocenters. The summed E-state index contributed by atoms with van der Waals surface area (Å²) in [5.74, 6) is 0.444. The smallest absolute Gasteiger partial charge is 0.274 e. The number of carbonyl (C=O) groups excluding carboxylic acids is 1. The van der Waals surface area contributed by atoms with Crippen LogP contribution in [0.5, 0.6) is 0 Å². The summed E-state index contributed by atoms with van der Waals surface area (Å²) < 4.78 is 0. The second-order valence-corrected chi connectivity index (χ2v) is 6.09. The number of aromatic nitrogens is 2. The van der Waals surface area contributed by atoms with E-state index in [-0.39, 0.29) is 5.91 Å². The van der Waals surface area contributed by atoms with Gasteiger partial charge in [0.2, 0.25) is 0 Å². The maximum absolute atomic E-state index is 12.6. The summed E-state index contributed by atoms with van der Waals surface area (Å²) in [5, 5.41) is 2.90. The van der Waals surface area contributed by atoms with Gasteiger partial charge < -0.3 is 10.2 Å². The second-order valence-electron chi connectivity index (χ2n) is 6.09. The van der Waals surface area contributed by atoms with Crippen LogP contribution in [0.4, 0.5) is 17.2 Å². The van der Waals surface area contributed by atoms with E-state index < -0.39 is 0 Å². The Hall–Kier alpha value is -3.21. The van der Waals surface area contributed by atoms with E-state index in [0.717, 1.165) is 23.5 Å². The van der Waals surface area contributed by atoms with Gasteiger partial charge in [0.05, 0.1) is 0 Å². The lowest BCUT2D eigenvalue weighted by Gasteiger charge is -2.22. The molecule has 1 N–H and O–H groups in total. The van der Waals surface area contributed by atoms with Gasteiger partial charge in [0.25, 0.3) is 5.91 Å². The Morgan fingerprint density at radius 2 is 1.77 bits per heavy atom. The van der Waals surface area contributed by atoms with Crippen molar-refractivity contribution in [3.63, 3.8) is 0 Å². The molecule has 0 saturated heterocycles. The van der Waals surface area contributed by atoms with E-state index in [4.69, 9.17) is 0 Å². The van der Waals surface area contributed by atoms with Crippen LogP contribution in [-0.2, 0) is 0 Å². The van der Waals surface area contributed by atoms with Crippen molar-refractivity contribution < 1.29 is 4.79 Å². The lowest BCUT2D eigenvalue weighted by Crippen LogP contribution is -2.20. The Kier molecular flexibility index (Phi) is 5.27. The highest BCUT2D eigenvalue weighted by atomic mass is 16.1. The minimum absolute atomic E-state index is 0.249. The van der Waals surface area contributed by atoms with Crippen LogP contribution in [0.2, 0.25) is 0 Å². The number of carbonyl (C=O) groups is 1. The van der Waals surface area contributed by atoms with Gasteiger partial charge in [-0.15, -0.1) is 0 Å². The lowest BCUT2D eigenvalue weighted by molar-refractivity contribution is 0.102. The average molecular weight is 346 g/mol. The Balaban J connectivity index is 1.84. The normalized spacial score (nSPS) is 10.4. The van der Waals surface area contributed by atoms with E-state index >= 15 is 0 Å². The molecule has 3 rings (SSSR count). The molecule has 1 aromatic heterocycles. The third-order valence-corrected chi connectivity index (χ3v) is 4.31. The van der Waals surface area contributed by atoms with E-state index in [1.807, 2.05) is 74.2 Å². The fourth-order valence-electron chi connectivity index (χ4n) is 2.72. The van der Waals surface area contributed by atoms with Gasteiger partial charge in [0.1, 0.15) is 17.8 Å². The van der Waals surface area contributed by atoms with Gasteiger partial charge >= 0.3 is 0 Å². The summed E-state index contributed by atoms with van der Waals surface area (Å²) in [6.45, 7) is 6.84. The molecule has 132 valence electrons. The van der Waals surface area contributed by atoms with Crippen molar-refractivity contribution in [3.8, 4) is 0 Å². The summed E-state index contributed by atoms with van der Waals surface area (Å²) in [6, 6.07) is 17.5. The molecule has 1 amide bonds. The highest BCUT2D eigenvalue weighted by Crippen LogP contribution is 2.23. The maximum Gasteiger partial charge on any atom is 0.274 e. The predicted octanol–water partition coefficient (Wildman–Crippen LogP) is 4.50. The fourth-order valence-corrected chi connectivity index (χ4v) is 2.72. The summed E-state index contributed by atoms with van der Waals surface area (Å²) >= 11 is 0. The number of rotatable bonds is 5. The zero-order valence-electron chi connectivity index (χ0n) is 15.2.